The van der Waals surface area contributed by atoms with Gasteiger partial charge in [-0.2, -0.15) is 0 Å². The first-order chi connectivity index (χ1) is 12.6. The molecule has 1 heterocycles. The summed E-state index contributed by atoms with van der Waals surface area (Å²) in [6.07, 6.45) is 1.65. The van der Waals surface area contributed by atoms with Crippen molar-refractivity contribution in [2.24, 2.45) is 0 Å². The molecule has 134 valence electrons. The lowest BCUT2D eigenvalue weighted by atomic mass is 10.1. The molecule has 2 aromatic carbocycles. The van der Waals surface area contributed by atoms with Crippen molar-refractivity contribution in [3.05, 3.63) is 59.5 Å². The Labute approximate surface area is 151 Å². The molecule has 26 heavy (non-hydrogen) atoms. The van der Waals surface area contributed by atoms with Gasteiger partial charge in [0, 0.05) is 5.56 Å². The lowest BCUT2D eigenvalue weighted by Gasteiger charge is -2.13. The van der Waals surface area contributed by atoms with Crippen molar-refractivity contribution in [2.75, 3.05) is 21.3 Å². The summed E-state index contributed by atoms with van der Waals surface area (Å²) in [7, 11) is 4.53. The first-order valence-corrected chi connectivity index (χ1v) is 8.04. The lowest BCUT2D eigenvalue weighted by molar-refractivity contribution is 0.102. The summed E-state index contributed by atoms with van der Waals surface area (Å²) in [6.45, 7) is 2.02. The van der Waals surface area contributed by atoms with Gasteiger partial charge < -0.3 is 19.2 Å². The number of methoxy groups -OCH3 is 3. The number of nitrogens with zero attached hydrogens (tertiary/aromatic N) is 1. The molecule has 6 heteroatoms. The number of H-pyrrole nitrogens is 1. The Morgan fingerprint density at radius 2 is 1.58 bits per heavy atom. The standard InChI is InChI=1S/C20H20N2O4/c1-12-5-7-13(8-6-12)15-11-21-20(22-15)18(23)14-9-16(24-2)19(26-4)17(10-14)25-3/h5-11H,1-4H3,(H,21,22). The molecule has 0 amide bonds. The summed E-state index contributed by atoms with van der Waals surface area (Å²) >= 11 is 0. The Kier molecular flexibility index (Phi) is 4.93. The minimum Gasteiger partial charge on any atom is -0.493 e. The van der Waals surface area contributed by atoms with E-state index in [-0.39, 0.29) is 11.6 Å². The van der Waals surface area contributed by atoms with E-state index in [9.17, 15) is 4.79 Å². The van der Waals surface area contributed by atoms with Crippen LogP contribution in [0.25, 0.3) is 11.3 Å². The second kappa shape index (κ2) is 7.31. The number of ketones is 1. The maximum atomic E-state index is 12.8. The number of imidazole rings is 1. The van der Waals surface area contributed by atoms with Crippen LogP contribution >= 0.6 is 0 Å². The lowest BCUT2D eigenvalue weighted by Crippen LogP contribution is -2.06. The molecule has 0 saturated carbocycles. The molecule has 0 radical (unpaired) electrons. The normalized spacial score (nSPS) is 10.5. The van der Waals surface area contributed by atoms with Crippen molar-refractivity contribution in [3.8, 4) is 28.5 Å². The third-order valence-corrected chi connectivity index (χ3v) is 4.08. The molecule has 0 spiro atoms. The summed E-state index contributed by atoms with van der Waals surface area (Å²) in [6, 6.07) is 11.2. The molecule has 0 saturated heterocycles. The van der Waals surface area contributed by atoms with Crippen LogP contribution in [0.1, 0.15) is 21.7 Å². The van der Waals surface area contributed by atoms with Crippen LogP contribution in [0.3, 0.4) is 0 Å². The van der Waals surface area contributed by atoms with Gasteiger partial charge in [0.1, 0.15) is 0 Å². The van der Waals surface area contributed by atoms with E-state index >= 15 is 0 Å². The Balaban J connectivity index is 1.96. The highest BCUT2D eigenvalue weighted by Crippen LogP contribution is 2.38. The molecule has 0 atom stereocenters. The Morgan fingerprint density at radius 3 is 2.12 bits per heavy atom. The Hall–Kier alpha value is -3.28. The number of ether oxygens (including phenoxy) is 3. The third kappa shape index (κ3) is 3.26. The smallest absolute Gasteiger partial charge is 0.228 e. The first-order valence-electron chi connectivity index (χ1n) is 8.04. The molecule has 0 bridgehead atoms. The van der Waals surface area contributed by atoms with Gasteiger partial charge in [-0.1, -0.05) is 29.8 Å². The fourth-order valence-corrected chi connectivity index (χ4v) is 2.67. The Morgan fingerprint density at radius 1 is 0.962 bits per heavy atom. The SMILES string of the molecule is COc1cc(C(=O)c2ncc(-c3ccc(C)cc3)[nH]2)cc(OC)c1OC. The summed E-state index contributed by atoms with van der Waals surface area (Å²) in [4.78, 5) is 20.1. The minimum atomic E-state index is -0.261. The quantitative estimate of drug-likeness (QED) is 0.686. The van der Waals surface area contributed by atoms with Gasteiger partial charge in [-0.25, -0.2) is 4.98 Å². The number of carbonyl (C=O) groups excluding carboxylic acids is 1. The molecule has 0 aliphatic heterocycles. The highest BCUT2D eigenvalue weighted by atomic mass is 16.5. The molecule has 6 nitrogen and oxygen atoms in total. The molecule has 0 aliphatic rings. The van der Waals surface area contributed by atoms with Gasteiger partial charge in [0.2, 0.25) is 11.5 Å². The number of rotatable bonds is 6. The van der Waals surface area contributed by atoms with Gasteiger partial charge in [-0.15, -0.1) is 0 Å². The van der Waals surface area contributed by atoms with Crippen molar-refractivity contribution >= 4 is 5.78 Å². The van der Waals surface area contributed by atoms with Crippen LogP contribution in [-0.2, 0) is 0 Å². The van der Waals surface area contributed by atoms with E-state index in [4.69, 9.17) is 14.2 Å². The average molecular weight is 352 g/mol. The number of benzene rings is 2. The minimum absolute atomic E-state index is 0.245. The van der Waals surface area contributed by atoms with Crippen LogP contribution in [0.2, 0.25) is 0 Å². The number of hydrogen-bond donors (Lipinski definition) is 1. The van der Waals surface area contributed by atoms with Crippen molar-refractivity contribution in [1.29, 1.82) is 0 Å². The summed E-state index contributed by atoms with van der Waals surface area (Å²) in [5, 5.41) is 0. The molecule has 1 N–H and O–H groups in total. The highest BCUT2D eigenvalue weighted by Gasteiger charge is 2.20. The van der Waals surface area contributed by atoms with Crippen LogP contribution in [0.4, 0.5) is 0 Å². The van der Waals surface area contributed by atoms with E-state index in [2.05, 4.69) is 9.97 Å². The van der Waals surface area contributed by atoms with Crippen LogP contribution in [0.15, 0.2) is 42.6 Å². The van der Waals surface area contributed by atoms with E-state index in [0.29, 0.717) is 22.8 Å². The molecule has 3 rings (SSSR count). The molecule has 1 aromatic heterocycles. The fraction of sp³-hybridized carbons (Fsp3) is 0.200. The monoisotopic (exact) mass is 352 g/mol. The van der Waals surface area contributed by atoms with Crippen LogP contribution < -0.4 is 14.2 Å². The van der Waals surface area contributed by atoms with Crippen molar-refractivity contribution in [2.45, 2.75) is 6.92 Å². The first kappa shape index (κ1) is 17.5. The van der Waals surface area contributed by atoms with Crippen molar-refractivity contribution < 1.29 is 19.0 Å². The van der Waals surface area contributed by atoms with E-state index in [1.807, 2.05) is 31.2 Å². The largest absolute Gasteiger partial charge is 0.493 e. The van der Waals surface area contributed by atoms with E-state index in [1.54, 1.807) is 18.3 Å². The summed E-state index contributed by atoms with van der Waals surface area (Å²) in [5.74, 6) is 1.25. The topological polar surface area (TPSA) is 73.4 Å². The number of nitrogens with one attached hydrogen (secondary N) is 1. The fourth-order valence-electron chi connectivity index (χ4n) is 2.67. The highest BCUT2D eigenvalue weighted by molar-refractivity contribution is 6.07. The second-order valence-electron chi connectivity index (χ2n) is 5.75. The predicted molar refractivity (Wildman–Crippen MR) is 98.3 cm³/mol. The van der Waals surface area contributed by atoms with E-state index < -0.39 is 0 Å². The third-order valence-electron chi connectivity index (χ3n) is 4.08. The number of carbonyl (C=O) groups is 1. The van der Waals surface area contributed by atoms with Crippen molar-refractivity contribution in [3.63, 3.8) is 0 Å². The van der Waals surface area contributed by atoms with Gasteiger partial charge in [0.05, 0.1) is 33.2 Å². The van der Waals surface area contributed by atoms with Gasteiger partial charge in [0.25, 0.3) is 0 Å². The van der Waals surface area contributed by atoms with Gasteiger partial charge in [-0.05, 0) is 24.6 Å². The maximum absolute atomic E-state index is 12.8. The summed E-state index contributed by atoms with van der Waals surface area (Å²) < 4.78 is 15.9. The van der Waals surface area contributed by atoms with Crippen LogP contribution in [0, 0.1) is 6.92 Å². The zero-order chi connectivity index (χ0) is 18.7. The van der Waals surface area contributed by atoms with Gasteiger partial charge in [0.15, 0.2) is 17.3 Å². The van der Waals surface area contributed by atoms with Crippen molar-refractivity contribution in [1.82, 2.24) is 9.97 Å². The molecule has 0 unspecified atom stereocenters. The molecular weight excluding hydrogens is 332 g/mol. The van der Waals surface area contributed by atoms with E-state index in [0.717, 1.165) is 11.3 Å². The number of hydrogen-bond acceptors (Lipinski definition) is 5. The van der Waals surface area contributed by atoms with Gasteiger partial charge in [-0.3, -0.25) is 4.79 Å². The summed E-state index contributed by atoms with van der Waals surface area (Å²) in [5.41, 5.74) is 3.30. The zero-order valence-corrected chi connectivity index (χ0v) is 15.1. The number of aromatic nitrogens is 2. The van der Waals surface area contributed by atoms with Gasteiger partial charge >= 0.3 is 0 Å². The average Bonchev–Trinajstić information content (AvgIpc) is 3.16. The number of aryl methyl sites for hydroxylation is 1. The zero-order valence-electron chi connectivity index (χ0n) is 15.1. The van der Waals surface area contributed by atoms with E-state index in [1.165, 1.54) is 26.9 Å². The van der Waals surface area contributed by atoms with Crippen LogP contribution in [0.5, 0.6) is 17.2 Å². The molecular formula is C20H20N2O4. The molecule has 0 fully saturated rings. The molecule has 3 aromatic rings. The molecule has 0 aliphatic carbocycles. The van der Waals surface area contributed by atoms with Crippen LogP contribution in [-0.4, -0.2) is 37.1 Å². The number of aromatic amines is 1. The Bertz CT molecular complexity index is 904. The maximum Gasteiger partial charge on any atom is 0.228 e. The second-order valence-corrected chi connectivity index (χ2v) is 5.75. The predicted octanol–water partition coefficient (Wildman–Crippen LogP) is 3.64.